The van der Waals surface area contributed by atoms with Gasteiger partial charge in [0.05, 0.1) is 18.8 Å². The van der Waals surface area contributed by atoms with Gasteiger partial charge in [0.25, 0.3) is 0 Å². The summed E-state index contributed by atoms with van der Waals surface area (Å²) in [5, 5.41) is 22.2. The molecule has 0 aliphatic rings. The lowest BCUT2D eigenvalue weighted by molar-refractivity contribution is -0.123. The lowest BCUT2D eigenvalue weighted by Crippen LogP contribution is -2.45. The van der Waals surface area contributed by atoms with Crippen molar-refractivity contribution >= 4 is 5.91 Å². The van der Waals surface area contributed by atoms with Crippen LogP contribution in [0.15, 0.2) is 0 Å². The highest BCUT2D eigenvalue weighted by atomic mass is 16.3. The number of unbranched alkanes of at least 4 members (excludes halogenated alkanes) is 12. The molecule has 0 aromatic rings. The van der Waals surface area contributed by atoms with Crippen molar-refractivity contribution < 1.29 is 15.0 Å². The topological polar surface area (TPSA) is 69.6 Å². The Morgan fingerprint density at radius 3 is 1.65 bits per heavy atom. The fraction of sp³-hybridized carbons (Fsp3) is 0.955. The number of carbonyl (C=O) groups excluding carboxylic acids is 1. The van der Waals surface area contributed by atoms with Crippen molar-refractivity contribution in [3.05, 3.63) is 0 Å². The highest BCUT2D eigenvalue weighted by molar-refractivity contribution is 5.76. The van der Waals surface area contributed by atoms with Gasteiger partial charge in [-0.1, -0.05) is 97.3 Å². The summed E-state index contributed by atoms with van der Waals surface area (Å²) < 4.78 is 0. The minimum absolute atomic E-state index is 0.0871. The van der Waals surface area contributed by atoms with Crippen molar-refractivity contribution in [1.29, 1.82) is 0 Å². The molecule has 0 aromatic heterocycles. The van der Waals surface area contributed by atoms with Crippen LogP contribution in [-0.4, -0.2) is 34.9 Å². The first kappa shape index (κ1) is 25.4. The van der Waals surface area contributed by atoms with E-state index in [1.165, 1.54) is 70.6 Å². The molecule has 0 aromatic carbocycles. The molecule has 3 N–H and O–H groups in total. The Morgan fingerprint density at radius 2 is 1.23 bits per heavy atom. The van der Waals surface area contributed by atoms with E-state index in [4.69, 9.17) is 0 Å². The molecule has 26 heavy (non-hydrogen) atoms. The molecule has 0 rings (SSSR count). The Bertz CT molecular complexity index is 310. The summed E-state index contributed by atoms with van der Waals surface area (Å²) in [4.78, 5) is 11.6. The third-order valence-electron chi connectivity index (χ3n) is 5.09. The van der Waals surface area contributed by atoms with Gasteiger partial charge in [0.15, 0.2) is 0 Å². The van der Waals surface area contributed by atoms with Crippen LogP contribution in [-0.2, 0) is 4.79 Å². The lowest BCUT2D eigenvalue weighted by atomic mass is 10.0. The second-order valence-corrected chi connectivity index (χ2v) is 7.71. The van der Waals surface area contributed by atoms with Crippen LogP contribution in [0.25, 0.3) is 0 Å². The molecule has 0 radical (unpaired) electrons. The standard InChI is InChI=1S/C22H45NO3/c1-3-5-6-7-8-9-10-11-12-13-14-15-16-18-21(25)20(19-24)23-22(26)17-4-2/h20-21,24-25H,3-19H2,1-2H3,(H,23,26). The van der Waals surface area contributed by atoms with Crippen molar-refractivity contribution in [2.75, 3.05) is 6.61 Å². The molecular formula is C22H45NO3. The zero-order valence-electron chi connectivity index (χ0n) is 17.5. The average molecular weight is 372 g/mol. The van der Waals surface area contributed by atoms with Gasteiger partial charge in [-0.05, 0) is 12.8 Å². The number of carbonyl (C=O) groups is 1. The molecule has 0 saturated heterocycles. The quantitative estimate of drug-likeness (QED) is 0.276. The van der Waals surface area contributed by atoms with Crippen LogP contribution < -0.4 is 5.32 Å². The number of aliphatic hydroxyl groups excluding tert-OH is 2. The van der Waals surface area contributed by atoms with Crippen molar-refractivity contribution in [3.63, 3.8) is 0 Å². The van der Waals surface area contributed by atoms with Crippen LogP contribution in [0.4, 0.5) is 0 Å². The molecule has 0 bridgehead atoms. The number of hydrogen-bond acceptors (Lipinski definition) is 3. The van der Waals surface area contributed by atoms with Crippen LogP contribution in [0.1, 0.15) is 117 Å². The molecule has 2 unspecified atom stereocenters. The van der Waals surface area contributed by atoms with E-state index >= 15 is 0 Å². The predicted octanol–water partition coefficient (Wildman–Crippen LogP) is 5.11. The molecular weight excluding hydrogens is 326 g/mol. The predicted molar refractivity (Wildman–Crippen MR) is 110 cm³/mol. The van der Waals surface area contributed by atoms with Gasteiger partial charge in [0.1, 0.15) is 0 Å². The monoisotopic (exact) mass is 371 g/mol. The van der Waals surface area contributed by atoms with Crippen LogP contribution in [0, 0.1) is 0 Å². The Balaban J connectivity index is 3.46. The number of rotatable bonds is 19. The second-order valence-electron chi connectivity index (χ2n) is 7.71. The number of amides is 1. The van der Waals surface area contributed by atoms with Gasteiger partial charge in [-0.15, -0.1) is 0 Å². The van der Waals surface area contributed by atoms with Crippen LogP contribution in [0.2, 0.25) is 0 Å². The molecule has 0 fully saturated rings. The van der Waals surface area contributed by atoms with Gasteiger partial charge in [-0.2, -0.15) is 0 Å². The smallest absolute Gasteiger partial charge is 0.220 e. The molecule has 0 aliphatic heterocycles. The van der Waals surface area contributed by atoms with E-state index in [1.807, 2.05) is 6.92 Å². The van der Waals surface area contributed by atoms with Crippen molar-refractivity contribution in [1.82, 2.24) is 5.32 Å². The molecule has 4 heteroatoms. The Kier molecular flexibility index (Phi) is 18.7. The Morgan fingerprint density at radius 1 is 0.769 bits per heavy atom. The van der Waals surface area contributed by atoms with Gasteiger partial charge in [0.2, 0.25) is 5.91 Å². The van der Waals surface area contributed by atoms with E-state index in [-0.39, 0.29) is 12.5 Å². The molecule has 1 amide bonds. The zero-order chi connectivity index (χ0) is 19.5. The number of aliphatic hydroxyl groups is 2. The molecule has 0 heterocycles. The first-order chi connectivity index (χ1) is 12.7. The van der Waals surface area contributed by atoms with Crippen molar-refractivity contribution in [3.8, 4) is 0 Å². The molecule has 0 spiro atoms. The highest BCUT2D eigenvalue weighted by Gasteiger charge is 2.19. The van der Waals surface area contributed by atoms with Gasteiger partial charge >= 0.3 is 0 Å². The SMILES string of the molecule is CCCCCCCCCCCCCCCC(O)C(CO)NC(=O)CCC. The Hall–Kier alpha value is -0.610. The van der Waals surface area contributed by atoms with E-state index in [0.29, 0.717) is 12.8 Å². The van der Waals surface area contributed by atoms with E-state index < -0.39 is 12.1 Å². The zero-order valence-corrected chi connectivity index (χ0v) is 17.5. The minimum atomic E-state index is -0.645. The fourth-order valence-corrected chi connectivity index (χ4v) is 3.34. The third kappa shape index (κ3) is 15.6. The summed E-state index contributed by atoms with van der Waals surface area (Å²) >= 11 is 0. The fourth-order valence-electron chi connectivity index (χ4n) is 3.34. The Labute approximate surface area is 162 Å². The van der Waals surface area contributed by atoms with Gasteiger partial charge in [-0.3, -0.25) is 4.79 Å². The van der Waals surface area contributed by atoms with Crippen LogP contribution in [0.5, 0.6) is 0 Å². The first-order valence-corrected chi connectivity index (χ1v) is 11.2. The second kappa shape index (κ2) is 19.2. The van der Waals surface area contributed by atoms with Gasteiger partial charge in [-0.25, -0.2) is 0 Å². The summed E-state index contributed by atoms with van der Waals surface area (Å²) in [6.07, 6.45) is 18.2. The summed E-state index contributed by atoms with van der Waals surface area (Å²) in [5.74, 6) is -0.0871. The maximum absolute atomic E-state index is 11.6. The molecule has 2 atom stereocenters. The van der Waals surface area contributed by atoms with E-state index in [9.17, 15) is 15.0 Å². The molecule has 156 valence electrons. The highest BCUT2D eigenvalue weighted by Crippen LogP contribution is 2.14. The summed E-state index contributed by atoms with van der Waals surface area (Å²) in [6, 6.07) is -0.522. The molecule has 0 aliphatic carbocycles. The molecule has 0 saturated carbocycles. The average Bonchev–Trinajstić information content (AvgIpc) is 2.63. The van der Waals surface area contributed by atoms with Crippen LogP contribution >= 0.6 is 0 Å². The largest absolute Gasteiger partial charge is 0.394 e. The van der Waals surface area contributed by atoms with E-state index in [0.717, 1.165) is 19.3 Å². The lowest BCUT2D eigenvalue weighted by Gasteiger charge is -2.22. The van der Waals surface area contributed by atoms with E-state index in [2.05, 4.69) is 12.2 Å². The van der Waals surface area contributed by atoms with Gasteiger partial charge in [0, 0.05) is 6.42 Å². The van der Waals surface area contributed by atoms with Gasteiger partial charge < -0.3 is 15.5 Å². The minimum Gasteiger partial charge on any atom is -0.394 e. The number of nitrogens with one attached hydrogen (secondary N) is 1. The summed E-state index contributed by atoms with van der Waals surface area (Å²) in [7, 11) is 0. The summed E-state index contributed by atoms with van der Waals surface area (Å²) in [5.41, 5.74) is 0. The number of hydrogen-bond donors (Lipinski definition) is 3. The molecule has 4 nitrogen and oxygen atoms in total. The maximum atomic E-state index is 11.6. The van der Waals surface area contributed by atoms with Crippen molar-refractivity contribution in [2.45, 2.75) is 129 Å². The van der Waals surface area contributed by atoms with Crippen LogP contribution in [0.3, 0.4) is 0 Å². The third-order valence-corrected chi connectivity index (χ3v) is 5.09. The first-order valence-electron chi connectivity index (χ1n) is 11.2. The maximum Gasteiger partial charge on any atom is 0.220 e. The van der Waals surface area contributed by atoms with E-state index in [1.54, 1.807) is 0 Å². The summed E-state index contributed by atoms with van der Waals surface area (Å²) in [6.45, 7) is 4.00. The van der Waals surface area contributed by atoms with Crippen molar-refractivity contribution in [2.24, 2.45) is 0 Å². The normalized spacial score (nSPS) is 13.5.